The number of ether oxygens (including phenoxy) is 2. The molecule has 0 aliphatic carbocycles. The van der Waals surface area contributed by atoms with Gasteiger partial charge in [0.2, 0.25) is 0 Å². The van der Waals surface area contributed by atoms with Gasteiger partial charge in [-0.1, -0.05) is 6.07 Å². The summed E-state index contributed by atoms with van der Waals surface area (Å²) in [6.07, 6.45) is -1.26. The van der Waals surface area contributed by atoms with Crippen molar-refractivity contribution in [2.45, 2.75) is 6.43 Å². The van der Waals surface area contributed by atoms with Crippen molar-refractivity contribution in [3.05, 3.63) is 30.5 Å². The van der Waals surface area contributed by atoms with Crippen molar-refractivity contribution in [2.24, 2.45) is 0 Å². The lowest BCUT2D eigenvalue weighted by Gasteiger charge is -2.21. The van der Waals surface area contributed by atoms with E-state index in [2.05, 4.69) is 31.3 Å². The van der Waals surface area contributed by atoms with Crippen LogP contribution in [0.3, 0.4) is 0 Å². The molecule has 1 aliphatic heterocycles. The zero-order chi connectivity index (χ0) is 21.1. The van der Waals surface area contributed by atoms with Crippen LogP contribution in [0.1, 0.15) is 0 Å². The van der Waals surface area contributed by atoms with Gasteiger partial charge in [0.15, 0.2) is 17.1 Å². The van der Waals surface area contributed by atoms with Gasteiger partial charge < -0.3 is 30.7 Å². The number of benzene rings is 1. The van der Waals surface area contributed by atoms with E-state index in [0.717, 1.165) is 0 Å². The monoisotopic (exact) mass is 419 g/mol. The summed E-state index contributed by atoms with van der Waals surface area (Å²) in [7, 11) is 1.71. The first-order valence-corrected chi connectivity index (χ1v) is 9.10. The van der Waals surface area contributed by atoms with E-state index in [1.807, 2.05) is 18.2 Å². The maximum absolute atomic E-state index is 12.3. The summed E-state index contributed by atoms with van der Waals surface area (Å²) in [5.41, 5.74) is 1.24. The number of hydrogen-bond donors (Lipinski definition) is 4. The topological polar surface area (TPSA) is 114 Å². The summed E-state index contributed by atoms with van der Waals surface area (Å²) in [6, 6.07) is 6.41. The Hall–Kier alpha value is -3.83. The highest BCUT2D eigenvalue weighted by Gasteiger charge is 2.18. The number of fused-ring (bicyclic) bond motifs is 2. The first-order chi connectivity index (χ1) is 14.5. The molecule has 2 aromatic heterocycles. The van der Waals surface area contributed by atoms with Crippen LogP contribution in [-0.4, -0.2) is 53.9 Å². The molecule has 3 heterocycles. The van der Waals surface area contributed by atoms with Crippen LogP contribution in [0.25, 0.3) is 5.65 Å². The summed E-state index contributed by atoms with van der Waals surface area (Å²) in [5.74, 6) is 2.25. The van der Waals surface area contributed by atoms with Crippen molar-refractivity contribution < 1.29 is 23.0 Å². The molecule has 3 aromatic rings. The van der Waals surface area contributed by atoms with Crippen LogP contribution in [0.5, 0.6) is 11.5 Å². The second-order valence-electron chi connectivity index (χ2n) is 6.25. The number of alkyl halides is 2. The minimum atomic E-state index is -2.65. The molecule has 0 saturated heterocycles. The number of anilines is 4. The van der Waals surface area contributed by atoms with Gasteiger partial charge in [-0.2, -0.15) is 9.61 Å². The lowest BCUT2D eigenvalue weighted by atomic mass is 10.2. The molecule has 0 bridgehead atoms. The molecular weight excluding hydrogens is 400 g/mol. The number of aromatic nitrogens is 3. The molecule has 0 radical (unpaired) electrons. The van der Waals surface area contributed by atoms with Crippen molar-refractivity contribution >= 4 is 34.7 Å². The molecule has 30 heavy (non-hydrogen) atoms. The normalized spacial score (nSPS) is 12.7. The van der Waals surface area contributed by atoms with Crippen LogP contribution in [0, 0.1) is 0 Å². The first kappa shape index (κ1) is 19.5. The third-order valence-corrected chi connectivity index (χ3v) is 4.22. The van der Waals surface area contributed by atoms with Gasteiger partial charge in [-0.05, 0) is 12.1 Å². The van der Waals surface area contributed by atoms with E-state index in [0.29, 0.717) is 47.7 Å². The van der Waals surface area contributed by atoms with E-state index >= 15 is 0 Å². The van der Waals surface area contributed by atoms with E-state index in [4.69, 9.17) is 9.47 Å². The SMILES string of the molecule is CNc1cc(Nc2cccc3c2OCCO3)nc2c(NC(=O)NCC(F)F)cnn12. The van der Waals surface area contributed by atoms with Gasteiger partial charge in [0.1, 0.15) is 30.5 Å². The Kier molecular flexibility index (Phi) is 5.37. The van der Waals surface area contributed by atoms with Crippen LogP contribution >= 0.6 is 0 Å². The molecule has 0 spiro atoms. The summed E-state index contributed by atoms with van der Waals surface area (Å²) in [5, 5.41) is 14.9. The maximum atomic E-state index is 12.3. The second kappa shape index (κ2) is 8.27. The largest absolute Gasteiger partial charge is 0.486 e. The zero-order valence-electron chi connectivity index (χ0n) is 15.9. The maximum Gasteiger partial charge on any atom is 0.319 e. The van der Waals surface area contributed by atoms with E-state index in [9.17, 15) is 13.6 Å². The lowest BCUT2D eigenvalue weighted by molar-refractivity contribution is 0.148. The number of halogens is 2. The van der Waals surface area contributed by atoms with Gasteiger partial charge in [0.05, 0.1) is 18.4 Å². The van der Waals surface area contributed by atoms with Crippen LogP contribution in [-0.2, 0) is 0 Å². The lowest BCUT2D eigenvalue weighted by Crippen LogP contribution is -2.32. The Morgan fingerprint density at radius 1 is 1.27 bits per heavy atom. The molecule has 158 valence electrons. The molecule has 0 fully saturated rings. The number of para-hydroxylation sites is 1. The molecule has 4 rings (SSSR count). The Labute approximate surface area is 169 Å². The van der Waals surface area contributed by atoms with Crippen LogP contribution in [0.2, 0.25) is 0 Å². The molecule has 10 nitrogen and oxygen atoms in total. The van der Waals surface area contributed by atoms with E-state index in [1.165, 1.54) is 10.7 Å². The third-order valence-electron chi connectivity index (χ3n) is 4.22. The Morgan fingerprint density at radius 2 is 2.10 bits per heavy atom. The number of carbonyl (C=O) groups is 1. The first-order valence-electron chi connectivity index (χ1n) is 9.10. The van der Waals surface area contributed by atoms with E-state index in [1.54, 1.807) is 13.1 Å². The van der Waals surface area contributed by atoms with Crippen molar-refractivity contribution in [2.75, 3.05) is 42.8 Å². The Bertz CT molecular complexity index is 1070. The number of amides is 2. The summed E-state index contributed by atoms with van der Waals surface area (Å²) in [6.45, 7) is 0.154. The second-order valence-corrected chi connectivity index (χ2v) is 6.25. The van der Waals surface area contributed by atoms with Gasteiger partial charge in [-0.15, -0.1) is 0 Å². The fraction of sp³-hybridized carbons (Fsp3) is 0.278. The third kappa shape index (κ3) is 3.97. The fourth-order valence-electron chi connectivity index (χ4n) is 2.94. The number of nitrogens with zero attached hydrogens (tertiary/aromatic N) is 3. The van der Waals surface area contributed by atoms with Crippen LogP contribution in [0.15, 0.2) is 30.5 Å². The average molecular weight is 419 g/mol. The Balaban J connectivity index is 1.64. The van der Waals surface area contributed by atoms with Crippen LogP contribution in [0.4, 0.5) is 36.6 Å². The molecule has 2 amide bonds. The number of nitrogens with one attached hydrogen (secondary N) is 4. The van der Waals surface area contributed by atoms with Crippen molar-refractivity contribution in [1.82, 2.24) is 19.9 Å². The van der Waals surface area contributed by atoms with E-state index in [-0.39, 0.29) is 5.69 Å². The fourth-order valence-corrected chi connectivity index (χ4v) is 2.94. The molecule has 4 N–H and O–H groups in total. The predicted molar refractivity (Wildman–Crippen MR) is 106 cm³/mol. The molecular formula is C18H19F2N7O3. The molecule has 0 unspecified atom stereocenters. The summed E-state index contributed by atoms with van der Waals surface area (Å²) >= 11 is 0. The van der Waals surface area contributed by atoms with Crippen molar-refractivity contribution in [3.8, 4) is 11.5 Å². The molecule has 0 saturated carbocycles. The van der Waals surface area contributed by atoms with Gasteiger partial charge in [0.25, 0.3) is 6.43 Å². The van der Waals surface area contributed by atoms with Gasteiger partial charge in [-0.3, -0.25) is 0 Å². The molecule has 1 aliphatic rings. The number of rotatable bonds is 6. The predicted octanol–water partition coefficient (Wildman–Crippen LogP) is 2.67. The number of urea groups is 1. The molecule has 1 aromatic carbocycles. The zero-order valence-corrected chi connectivity index (χ0v) is 15.9. The minimum absolute atomic E-state index is 0.261. The summed E-state index contributed by atoms with van der Waals surface area (Å²) in [4.78, 5) is 16.4. The van der Waals surface area contributed by atoms with E-state index < -0.39 is 19.0 Å². The number of carbonyl (C=O) groups excluding carboxylic acids is 1. The standard InChI is InChI=1S/C18H19F2N7O3/c1-21-15-7-14(24-10-3-2-4-12-16(10)30-6-5-29-12)26-17-11(8-23-27(15)17)25-18(28)22-9-13(19)20/h2-4,7-8,13,21H,5-6,9H2,1H3,(H,24,26)(H2,22,25,28). The highest BCUT2D eigenvalue weighted by Crippen LogP contribution is 2.38. The summed E-state index contributed by atoms with van der Waals surface area (Å²) < 4.78 is 37.4. The molecule has 12 heteroatoms. The highest BCUT2D eigenvalue weighted by molar-refractivity contribution is 5.93. The average Bonchev–Trinajstić information content (AvgIpc) is 3.14. The Morgan fingerprint density at radius 3 is 2.90 bits per heavy atom. The van der Waals surface area contributed by atoms with Gasteiger partial charge >= 0.3 is 6.03 Å². The quantitative estimate of drug-likeness (QED) is 0.486. The van der Waals surface area contributed by atoms with Gasteiger partial charge in [0, 0.05) is 13.1 Å². The van der Waals surface area contributed by atoms with Crippen molar-refractivity contribution in [1.29, 1.82) is 0 Å². The van der Waals surface area contributed by atoms with Gasteiger partial charge in [-0.25, -0.2) is 18.6 Å². The highest BCUT2D eigenvalue weighted by atomic mass is 19.3. The smallest absolute Gasteiger partial charge is 0.319 e. The number of hydrogen-bond acceptors (Lipinski definition) is 7. The van der Waals surface area contributed by atoms with Crippen LogP contribution < -0.4 is 30.7 Å². The molecule has 0 atom stereocenters. The van der Waals surface area contributed by atoms with Crippen molar-refractivity contribution in [3.63, 3.8) is 0 Å². The minimum Gasteiger partial charge on any atom is -0.486 e.